The molecule has 0 aromatic rings. The maximum atomic E-state index is 10.1. The van der Waals surface area contributed by atoms with Crippen LogP contribution >= 0.6 is 11.8 Å². The first-order valence-electron chi connectivity index (χ1n) is 6.07. The Morgan fingerprint density at radius 2 is 1.86 bits per heavy atom. The molecule has 0 amide bonds. The van der Waals surface area contributed by atoms with Crippen molar-refractivity contribution < 1.29 is 5.11 Å². The maximum Gasteiger partial charge on any atom is 0.0745 e. The minimum absolute atomic E-state index is 0.296. The lowest BCUT2D eigenvalue weighted by Crippen LogP contribution is -2.27. The second kappa shape index (κ2) is 6.73. The van der Waals surface area contributed by atoms with Crippen LogP contribution in [-0.4, -0.2) is 22.2 Å². The van der Waals surface area contributed by atoms with Gasteiger partial charge in [-0.25, -0.2) is 0 Å². The first-order valence-corrected chi connectivity index (χ1v) is 7.22. The van der Waals surface area contributed by atoms with Gasteiger partial charge in [0.05, 0.1) is 5.60 Å². The molecule has 1 saturated heterocycles. The van der Waals surface area contributed by atoms with Gasteiger partial charge in [-0.3, -0.25) is 0 Å². The van der Waals surface area contributed by atoms with Crippen LogP contribution in [0.4, 0.5) is 0 Å². The molecule has 1 heterocycles. The molecule has 0 spiro atoms. The number of aliphatic hydroxyl groups is 1. The monoisotopic (exact) mass is 216 g/mol. The average molecular weight is 216 g/mol. The van der Waals surface area contributed by atoms with Crippen molar-refractivity contribution in [2.24, 2.45) is 0 Å². The van der Waals surface area contributed by atoms with Gasteiger partial charge in [-0.2, -0.15) is 11.8 Å². The molecule has 0 saturated carbocycles. The van der Waals surface area contributed by atoms with Gasteiger partial charge in [-0.1, -0.05) is 45.4 Å². The quantitative estimate of drug-likeness (QED) is 0.656. The molecule has 14 heavy (non-hydrogen) atoms. The van der Waals surface area contributed by atoms with Crippen LogP contribution in [0.3, 0.4) is 0 Å². The Balaban J connectivity index is 1.92. The van der Waals surface area contributed by atoms with Crippen molar-refractivity contribution in [2.45, 2.75) is 63.9 Å². The summed E-state index contributed by atoms with van der Waals surface area (Å²) in [6.07, 6.45) is 10.0. The molecule has 0 aromatic carbocycles. The molecule has 1 nitrogen and oxygen atoms in total. The third-order valence-electron chi connectivity index (χ3n) is 3.08. The van der Waals surface area contributed by atoms with E-state index in [-0.39, 0.29) is 5.60 Å². The van der Waals surface area contributed by atoms with E-state index in [2.05, 4.69) is 6.92 Å². The van der Waals surface area contributed by atoms with Gasteiger partial charge in [-0.05, 0) is 18.6 Å². The Morgan fingerprint density at radius 1 is 1.14 bits per heavy atom. The van der Waals surface area contributed by atoms with Crippen molar-refractivity contribution in [3.8, 4) is 0 Å². The van der Waals surface area contributed by atoms with E-state index in [0.717, 1.165) is 24.3 Å². The molecule has 1 aliphatic rings. The topological polar surface area (TPSA) is 20.2 Å². The summed E-state index contributed by atoms with van der Waals surface area (Å²) in [5.74, 6) is 2.13. The highest BCUT2D eigenvalue weighted by Crippen LogP contribution is 2.32. The second-order valence-corrected chi connectivity index (χ2v) is 5.65. The number of unbranched alkanes of at least 4 members (excludes halogenated alkanes) is 5. The summed E-state index contributed by atoms with van der Waals surface area (Å²) in [6, 6.07) is 0. The summed E-state index contributed by atoms with van der Waals surface area (Å²) in [5, 5.41) is 10.1. The molecule has 1 fully saturated rings. The second-order valence-electron chi connectivity index (χ2n) is 4.54. The smallest absolute Gasteiger partial charge is 0.0745 e. The Bertz CT molecular complexity index is 141. The van der Waals surface area contributed by atoms with E-state index in [1.54, 1.807) is 0 Å². The zero-order valence-electron chi connectivity index (χ0n) is 9.43. The van der Waals surface area contributed by atoms with Crippen molar-refractivity contribution in [3.05, 3.63) is 0 Å². The molecule has 0 aliphatic carbocycles. The van der Waals surface area contributed by atoms with Crippen molar-refractivity contribution in [3.63, 3.8) is 0 Å². The van der Waals surface area contributed by atoms with E-state index in [1.165, 1.54) is 38.5 Å². The summed E-state index contributed by atoms with van der Waals surface area (Å²) in [7, 11) is 0. The fourth-order valence-corrected chi connectivity index (χ4v) is 3.37. The van der Waals surface area contributed by atoms with Crippen LogP contribution in [0.1, 0.15) is 58.3 Å². The predicted octanol–water partition coefficient (Wildman–Crippen LogP) is 3.61. The van der Waals surface area contributed by atoms with Crippen LogP contribution in [0.5, 0.6) is 0 Å². The summed E-state index contributed by atoms with van der Waals surface area (Å²) < 4.78 is 0. The minimum atomic E-state index is -0.296. The highest BCUT2D eigenvalue weighted by atomic mass is 32.2. The van der Waals surface area contributed by atoms with E-state index in [9.17, 15) is 5.11 Å². The maximum absolute atomic E-state index is 10.1. The van der Waals surface area contributed by atoms with Gasteiger partial charge in [-0.15, -0.1) is 0 Å². The highest BCUT2D eigenvalue weighted by Gasteiger charge is 2.30. The van der Waals surface area contributed by atoms with Gasteiger partial charge >= 0.3 is 0 Å². The molecule has 84 valence electrons. The van der Waals surface area contributed by atoms with Gasteiger partial charge in [0, 0.05) is 5.75 Å². The molecule has 1 N–H and O–H groups in total. The molecule has 1 atom stereocenters. The van der Waals surface area contributed by atoms with Crippen molar-refractivity contribution in [1.29, 1.82) is 0 Å². The summed E-state index contributed by atoms with van der Waals surface area (Å²) in [6.45, 7) is 2.25. The Morgan fingerprint density at radius 3 is 2.50 bits per heavy atom. The SMILES string of the molecule is CCCCCCCCC1(O)CCSC1. The lowest BCUT2D eigenvalue weighted by Gasteiger charge is -2.20. The lowest BCUT2D eigenvalue weighted by atomic mass is 9.95. The average Bonchev–Trinajstić information content (AvgIpc) is 2.59. The van der Waals surface area contributed by atoms with Gasteiger partial charge < -0.3 is 5.11 Å². The summed E-state index contributed by atoms with van der Waals surface area (Å²) >= 11 is 1.90. The van der Waals surface area contributed by atoms with E-state index in [0.29, 0.717) is 0 Å². The van der Waals surface area contributed by atoms with E-state index in [4.69, 9.17) is 0 Å². The van der Waals surface area contributed by atoms with Crippen molar-refractivity contribution in [1.82, 2.24) is 0 Å². The molecular formula is C12H24OS. The van der Waals surface area contributed by atoms with Crippen LogP contribution in [-0.2, 0) is 0 Å². The standard InChI is InChI=1S/C12H24OS/c1-2-3-4-5-6-7-8-12(13)9-10-14-11-12/h13H,2-11H2,1H3. The third kappa shape index (κ3) is 4.70. The van der Waals surface area contributed by atoms with Crippen LogP contribution in [0, 0.1) is 0 Å². The molecular weight excluding hydrogens is 192 g/mol. The largest absolute Gasteiger partial charge is 0.389 e. The third-order valence-corrected chi connectivity index (χ3v) is 4.31. The molecule has 0 bridgehead atoms. The van der Waals surface area contributed by atoms with E-state index < -0.39 is 0 Å². The predicted molar refractivity (Wildman–Crippen MR) is 64.9 cm³/mol. The fourth-order valence-electron chi connectivity index (χ4n) is 2.03. The van der Waals surface area contributed by atoms with E-state index >= 15 is 0 Å². The minimum Gasteiger partial charge on any atom is -0.389 e. The van der Waals surface area contributed by atoms with Crippen LogP contribution in [0.2, 0.25) is 0 Å². The zero-order chi connectivity index (χ0) is 10.3. The molecule has 1 unspecified atom stereocenters. The summed E-state index contributed by atoms with van der Waals surface area (Å²) in [4.78, 5) is 0. The molecule has 0 aromatic heterocycles. The highest BCUT2D eigenvalue weighted by molar-refractivity contribution is 7.99. The van der Waals surface area contributed by atoms with Crippen molar-refractivity contribution >= 4 is 11.8 Å². The first kappa shape index (κ1) is 12.4. The van der Waals surface area contributed by atoms with Gasteiger partial charge in [0.1, 0.15) is 0 Å². The molecule has 1 rings (SSSR count). The normalized spacial score (nSPS) is 27.0. The van der Waals surface area contributed by atoms with Gasteiger partial charge in [0.2, 0.25) is 0 Å². The molecule has 1 aliphatic heterocycles. The van der Waals surface area contributed by atoms with Crippen LogP contribution in [0.25, 0.3) is 0 Å². The van der Waals surface area contributed by atoms with Gasteiger partial charge in [0.25, 0.3) is 0 Å². The number of hydrogen-bond acceptors (Lipinski definition) is 2. The summed E-state index contributed by atoms with van der Waals surface area (Å²) in [5.41, 5.74) is -0.296. The fraction of sp³-hybridized carbons (Fsp3) is 1.00. The number of thioether (sulfide) groups is 1. The zero-order valence-corrected chi connectivity index (χ0v) is 10.2. The van der Waals surface area contributed by atoms with Gasteiger partial charge in [0.15, 0.2) is 0 Å². The molecule has 2 heteroatoms. The first-order chi connectivity index (χ1) is 6.77. The van der Waals surface area contributed by atoms with Crippen LogP contribution in [0.15, 0.2) is 0 Å². The van der Waals surface area contributed by atoms with E-state index in [1.807, 2.05) is 11.8 Å². The Labute approximate surface area is 92.7 Å². The molecule has 0 radical (unpaired) electrons. The van der Waals surface area contributed by atoms with Crippen LogP contribution < -0.4 is 0 Å². The number of hydrogen-bond donors (Lipinski definition) is 1. The Hall–Kier alpha value is 0.310. The number of rotatable bonds is 7. The lowest BCUT2D eigenvalue weighted by molar-refractivity contribution is 0.0561. The Kier molecular flexibility index (Phi) is 5.95. The van der Waals surface area contributed by atoms with Crippen molar-refractivity contribution in [2.75, 3.05) is 11.5 Å².